The van der Waals surface area contributed by atoms with E-state index in [1.54, 1.807) is 6.20 Å². The Bertz CT molecular complexity index is 592. The maximum Gasteiger partial charge on any atom is 0.242 e. The van der Waals surface area contributed by atoms with Gasteiger partial charge in [-0.05, 0) is 31.6 Å². The van der Waals surface area contributed by atoms with E-state index >= 15 is 0 Å². The molecule has 1 aliphatic carbocycles. The molecule has 2 heterocycles. The minimum absolute atomic E-state index is 0.0613. The van der Waals surface area contributed by atoms with E-state index in [1.165, 1.54) is 12.8 Å². The van der Waals surface area contributed by atoms with Gasteiger partial charge >= 0.3 is 0 Å². The lowest BCUT2D eigenvalue weighted by atomic mass is 9.97. The summed E-state index contributed by atoms with van der Waals surface area (Å²) < 4.78 is 1.92. The van der Waals surface area contributed by atoms with E-state index in [-0.39, 0.29) is 23.7 Å². The van der Waals surface area contributed by atoms with Crippen LogP contribution in [0, 0.1) is 11.8 Å². The van der Waals surface area contributed by atoms with Crippen LogP contribution in [0.3, 0.4) is 0 Å². The maximum absolute atomic E-state index is 12.6. The van der Waals surface area contributed by atoms with Crippen molar-refractivity contribution in [2.45, 2.75) is 52.0 Å². The number of amides is 2. The van der Waals surface area contributed by atoms with Gasteiger partial charge in [0, 0.05) is 37.9 Å². The van der Waals surface area contributed by atoms with Crippen LogP contribution in [-0.2, 0) is 16.1 Å². The Labute approximate surface area is 143 Å². The summed E-state index contributed by atoms with van der Waals surface area (Å²) in [5.74, 6) is 2.04. The van der Waals surface area contributed by atoms with Gasteiger partial charge < -0.3 is 14.8 Å². The summed E-state index contributed by atoms with van der Waals surface area (Å²) in [6.07, 6.45) is 7.85. The molecule has 1 atom stereocenters. The van der Waals surface area contributed by atoms with Crippen LogP contribution in [-0.4, -0.2) is 45.9 Å². The van der Waals surface area contributed by atoms with Gasteiger partial charge in [0.1, 0.15) is 12.4 Å². The molecule has 0 unspecified atom stereocenters. The molecule has 0 aromatic carbocycles. The first-order chi connectivity index (χ1) is 11.5. The van der Waals surface area contributed by atoms with E-state index < -0.39 is 0 Å². The highest BCUT2D eigenvalue weighted by Crippen LogP contribution is 2.28. The molecule has 1 N–H and O–H groups in total. The second-order valence-electron chi connectivity index (χ2n) is 7.44. The van der Waals surface area contributed by atoms with Crippen molar-refractivity contribution in [3.05, 3.63) is 18.2 Å². The molecule has 1 aromatic heterocycles. The number of nitrogens with one attached hydrogen (secondary N) is 1. The highest BCUT2D eigenvalue weighted by molar-refractivity contribution is 5.81. The fraction of sp³-hybridized carbons (Fsp3) is 0.722. The molecule has 1 aliphatic heterocycles. The quantitative estimate of drug-likeness (QED) is 0.863. The topological polar surface area (TPSA) is 67.2 Å². The third-order valence-electron chi connectivity index (χ3n) is 4.98. The molecule has 0 bridgehead atoms. The minimum atomic E-state index is -0.0613. The van der Waals surface area contributed by atoms with Crippen molar-refractivity contribution in [1.82, 2.24) is 19.8 Å². The fourth-order valence-electron chi connectivity index (χ4n) is 3.33. The lowest BCUT2D eigenvalue weighted by molar-refractivity contribution is -0.136. The molecule has 132 valence electrons. The van der Waals surface area contributed by atoms with Crippen LogP contribution in [0.2, 0.25) is 0 Å². The van der Waals surface area contributed by atoms with Crippen molar-refractivity contribution >= 4 is 11.8 Å². The Balaban J connectivity index is 1.54. The first-order valence-electron chi connectivity index (χ1n) is 9.11. The van der Waals surface area contributed by atoms with Crippen LogP contribution >= 0.6 is 0 Å². The first-order valence-corrected chi connectivity index (χ1v) is 9.11. The molecule has 6 nitrogen and oxygen atoms in total. The molecule has 2 amide bonds. The molecule has 6 heteroatoms. The van der Waals surface area contributed by atoms with E-state index in [9.17, 15) is 9.59 Å². The third-order valence-corrected chi connectivity index (χ3v) is 4.98. The number of likely N-dealkylation sites (tertiary alicyclic amines) is 1. The lowest BCUT2D eigenvalue weighted by Gasteiger charge is -2.32. The molecule has 0 spiro atoms. The van der Waals surface area contributed by atoms with Crippen LogP contribution in [0.5, 0.6) is 0 Å². The van der Waals surface area contributed by atoms with Gasteiger partial charge in [0.25, 0.3) is 0 Å². The summed E-state index contributed by atoms with van der Waals surface area (Å²) in [5.41, 5.74) is 0. The standard InChI is InChI=1S/C18H28N4O2/c1-13(2)17-19-7-9-22(17)12-16(23)21-8-3-4-15(11-21)18(24)20-10-14-5-6-14/h7,9,13-15H,3-6,8,10-12H2,1-2H3,(H,20,24)/t15-/m1/s1. The predicted octanol–water partition coefficient (Wildman–Crippen LogP) is 1.77. The second-order valence-corrected chi connectivity index (χ2v) is 7.44. The number of carbonyl (C=O) groups excluding carboxylic acids is 2. The van der Waals surface area contributed by atoms with Crippen molar-refractivity contribution in [2.75, 3.05) is 19.6 Å². The smallest absolute Gasteiger partial charge is 0.242 e. The fourth-order valence-corrected chi connectivity index (χ4v) is 3.33. The highest BCUT2D eigenvalue weighted by Gasteiger charge is 2.30. The van der Waals surface area contributed by atoms with Crippen molar-refractivity contribution in [2.24, 2.45) is 11.8 Å². The number of carbonyl (C=O) groups is 2. The molecule has 3 rings (SSSR count). The maximum atomic E-state index is 12.6. The van der Waals surface area contributed by atoms with E-state index in [1.807, 2.05) is 15.7 Å². The molecular weight excluding hydrogens is 304 g/mol. The number of hydrogen-bond acceptors (Lipinski definition) is 3. The zero-order valence-electron chi connectivity index (χ0n) is 14.7. The lowest BCUT2D eigenvalue weighted by Crippen LogP contribution is -2.46. The zero-order valence-corrected chi connectivity index (χ0v) is 14.7. The number of aromatic nitrogens is 2. The monoisotopic (exact) mass is 332 g/mol. The second kappa shape index (κ2) is 7.36. The number of imidazole rings is 1. The van der Waals surface area contributed by atoms with Crippen molar-refractivity contribution in [1.29, 1.82) is 0 Å². The van der Waals surface area contributed by atoms with Crippen LogP contribution < -0.4 is 5.32 Å². The number of nitrogens with zero attached hydrogens (tertiary/aromatic N) is 3. The van der Waals surface area contributed by atoms with Gasteiger partial charge in [0.15, 0.2) is 0 Å². The first kappa shape index (κ1) is 17.0. The van der Waals surface area contributed by atoms with Crippen LogP contribution in [0.4, 0.5) is 0 Å². The zero-order chi connectivity index (χ0) is 17.1. The summed E-state index contributed by atoms with van der Waals surface area (Å²) >= 11 is 0. The number of rotatable bonds is 6. The summed E-state index contributed by atoms with van der Waals surface area (Å²) in [6, 6.07) is 0. The SMILES string of the molecule is CC(C)c1nccn1CC(=O)N1CCC[C@@H](C(=O)NCC2CC2)C1. The summed E-state index contributed by atoms with van der Waals surface area (Å²) in [6.45, 7) is 6.55. The Morgan fingerprint density at radius 2 is 2.12 bits per heavy atom. The molecular formula is C18H28N4O2. The molecule has 2 fully saturated rings. The Morgan fingerprint density at radius 3 is 2.83 bits per heavy atom. The van der Waals surface area contributed by atoms with Gasteiger partial charge in [-0.3, -0.25) is 9.59 Å². The van der Waals surface area contributed by atoms with Gasteiger partial charge in [-0.15, -0.1) is 0 Å². The highest BCUT2D eigenvalue weighted by atomic mass is 16.2. The number of piperidine rings is 1. The molecule has 2 aliphatic rings. The van der Waals surface area contributed by atoms with Gasteiger partial charge in [0.05, 0.1) is 5.92 Å². The molecule has 0 radical (unpaired) electrons. The minimum Gasteiger partial charge on any atom is -0.356 e. The summed E-state index contributed by atoms with van der Waals surface area (Å²) in [7, 11) is 0. The van der Waals surface area contributed by atoms with Crippen molar-refractivity contribution < 1.29 is 9.59 Å². The van der Waals surface area contributed by atoms with E-state index in [4.69, 9.17) is 0 Å². The van der Waals surface area contributed by atoms with Gasteiger partial charge in [-0.25, -0.2) is 4.98 Å². The van der Waals surface area contributed by atoms with Gasteiger partial charge in [-0.1, -0.05) is 13.8 Å². The number of hydrogen-bond donors (Lipinski definition) is 1. The molecule has 24 heavy (non-hydrogen) atoms. The van der Waals surface area contributed by atoms with Crippen LogP contribution in [0.1, 0.15) is 51.3 Å². The molecule has 1 saturated carbocycles. The summed E-state index contributed by atoms with van der Waals surface area (Å²) in [5, 5.41) is 3.05. The largest absolute Gasteiger partial charge is 0.356 e. The van der Waals surface area contributed by atoms with E-state index in [0.29, 0.717) is 19.0 Å². The predicted molar refractivity (Wildman–Crippen MR) is 91.4 cm³/mol. The third kappa shape index (κ3) is 4.16. The Morgan fingerprint density at radius 1 is 1.33 bits per heavy atom. The summed E-state index contributed by atoms with van der Waals surface area (Å²) in [4.78, 5) is 31.1. The molecule has 1 saturated heterocycles. The Kier molecular flexibility index (Phi) is 5.21. The normalized spacial score (nSPS) is 21.1. The van der Waals surface area contributed by atoms with Gasteiger partial charge in [-0.2, -0.15) is 0 Å². The average molecular weight is 332 g/mol. The van der Waals surface area contributed by atoms with Gasteiger partial charge in [0.2, 0.25) is 11.8 Å². The van der Waals surface area contributed by atoms with Crippen LogP contribution in [0.15, 0.2) is 12.4 Å². The molecule has 1 aromatic rings. The average Bonchev–Trinajstić information content (AvgIpc) is 3.29. The van der Waals surface area contributed by atoms with Crippen molar-refractivity contribution in [3.63, 3.8) is 0 Å². The van der Waals surface area contributed by atoms with E-state index in [0.717, 1.165) is 31.8 Å². The van der Waals surface area contributed by atoms with Crippen molar-refractivity contribution in [3.8, 4) is 0 Å². The van der Waals surface area contributed by atoms with E-state index in [2.05, 4.69) is 24.1 Å². The van der Waals surface area contributed by atoms with Crippen LogP contribution in [0.25, 0.3) is 0 Å². The Hall–Kier alpha value is -1.85.